The van der Waals surface area contributed by atoms with E-state index in [1.807, 2.05) is 20.8 Å². The molecule has 3 atom stereocenters. The summed E-state index contributed by atoms with van der Waals surface area (Å²) in [5.41, 5.74) is 0. The van der Waals surface area contributed by atoms with Crippen molar-refractivity contribution in [1.82, 2.24) is 5.32 Å². The molecule has 2 N–H and O–H groups in total. The molecule has 0 heterocycles. The monoisotopic (exact) mass is 203 g/mol. The summed E-state index contributed by atoms with van der Waals surface area (Å²) in [4.78, 5) is 11.1. The van der Waals surface area contributed by atoms with Crippen LogP contribution in [-0.4, -0.2) is 37.4 Å². The second kappa shape index (κ2) is 6.79. The largest absolute Gasteiger partial charge is 0.469 e. The average Bonchev–Trinajstić information content (AvgIpc) is 2.22. The highest BCUT2D eigenvalue weighted by atomic mass is 16.5. The zero-order valence-electron chi connectivity index (χ0n) is 9.41. The van der Waals surface area contributed by atoms with Gasteiger partial charge in [0, 0.05) is 19.2 Å². The summed E-state index contributed by atoms with van der Waals surface area (Å²) in [6.07, 6.45) is 0. The Balaban J connectivity index is 3.76. The molecule has 0 fully saturated rings. The molecule has 14 heavy (non-hydrogen) atoms. The number of carbonyl (C=O) groups is 1. The van der Waals surface area contributed by atoms with Crippen LogP contribution in [0.2, 0.25) is 0 Å². The molecule has 0 bridgehead atoms. The van der Waals surface area contributed by atoms with Gasteiger partial charge < -0.3 is 15.2 Å². The number of aliphatic hydroxyl groups is 1. The predicted molar refractivity (Wildman–Crippen MR) is 54.9 cm³/mol. The SMILES string of the molecule is COC(=O)C(C)CNC(C)C(C)CO. The normalized spacial score (nSPS) is 17.2. The number of ether oxygens (including phenoxy) is 1. The summed E-state index contributed by atoms with van der Waals surface area (Å²) >= 11 is 0. The van der Waals surface area contributed by atoms with Gasteiger partial charge in [0.1, 0.15) is 0 Å². The molecular formula is C10H21NO3. The van der Waals surface area contributed by atoms with Crippen LogP contribution in [0.3, 0.4) is 0 Å². The van der Waals surface area contributed by atoms with Crippen molar-refractivity contribution in [3.63, 3.8) is 0 Å². The van der Waals surface area contributed by atoms with Crippen LogP contribution in [0.4, 0.5) is 0 Å². The van der Waals surface area contributed by atoms with Crippen molar-refractivity contribution in [2.75, 3.05) is 20.3 Å². The van der Waals surface area contributed by atoms with E-state index in [4.69, 9.17) is 5.11 Å². The number of methoxy groups -OCH3 is 1. The Morgan fingerprint density at radius 1 is 1.43 bits per heavy atom. The molecule has 0 amide bonds. The van der Waals surface area contributed by atoms with E-state index in [-0.39, 0.29) is 30.5 Å². The third kappa shape index (κ3) is 4.58. The van der Waals surface area contributed by atoms with Crippen LogP contribution < -0.4 is 5.32 Å². The van der Waals surface area contributed by atoms with Gasteiger partial charge in [-0.15, -0.1) is 0 Å². The lowest BCUT2D eigenvalue weighted by molar-refractivity contribution is -0.144. The van der Waals surface area contributed by atoms with Crippen LogP contribution in [0.1, 0.15) is 20.8 Å². The number of rotatable bonds is 6. The molecular weight excluding hydrogens is 182 g/mol. The molecule has 0 radical (unpaired) electrons. The van der Waals surface area contributed by atoms with E-state index >= 15 is 0 Å². The maximum Gasteiger partial charge on any atom is 0.309 e. The van der Waals surface area contributed by atoms with E-state index in [1.54, 1.807) is 0 Å². The van der Waals surface area contributed by atoms with Crippen molar-refractivity contribution in [3.05, 3.63) is 0 Å². The van der Waals surface area contributed by atoms with Crippen molar-refractivity contribution in [1.29, 1.82) is 0 Å². The molecule has 0 saturated carbocycles. The summed E-state index contributed by atoms with van der Waals surface area (Å²) in [5, 5.41) is 12.1. The summed E-state index contributed by atoms with van der Waals surface area (Å²) < 4.78 is 4.60. The fraction of sp³-hybridized carbons (Fsp3) is 0.900. The Morgan fingerprint density at radius 2 is 2.00 bits per heavy atom. The van der Waals surface area contributed by atoms with Gasteiger partial charge in [0.25, 0.3) is 0 Å². The number of carbonyl (C=O) groups excluding carboxylic acids is 1. The first-order valence-corrected chi connectivity index (χ1v) is 4.95. The molecule has 0 aromatic carbocycles. The first kappa shape index (κ1) is 13.4. The van der Waals surface area contributed by atoms with E-state index in [1.165, 1.54) is 7.11 Å². The topological polar surface area (TPSA) is 58.6 Å². The minimum absolute atomic E-state index is 0.145. The predicted octanol–water partition coefficient (Wildman–Crippen LogP) is 0.402. The van der Waals surface area contributed by atoms with E-state index in [0.717, 1.165) is 0 Å². The van der Waals surface area contributed by atoms with Gasteiger partial charge in [-0.05, 0) is 12.8 Å². The maximum atomic E-state index is 11.1. The van der Waals surface area contributed by atoms with Gasteiger partial charge in [0.15, 0.2) is 0 Å². The molecule has 0 aliphatic heterocycles. The smallest absolute Gasteiger partial charge is 0.309 e. The molecule has 0 aliphatic rings. The second-order valence-electron chi connectivity index (χ2n) is 3.78. The van der Waals surface area contributed by atoms with Crippen molar-refractivity contribution in [3.8, 4) is 0 Å². The van der Waals surface area contributed by atoms with E-state index in [9.17, 15) is 4.79 Å². The van der Waals surface area contributed by atoms with Gasteiger partial charge in [0.05, 0.1) is 13.0 Å². The van der Waals surface area contributed by atoms with E-state index in [2.05, 4.69) is 10.1 Å². The number of esters is 1. The molecule has 0 rings (SSSR count). The van der Waals surface area contributed by atoms with Crippen molar-refractivity contribution in [2.45, 2.75) is 26.8 Å². The summed E-state index contributed by atoms with van der Waals surface area (Å²) in [6, 6.07) is 0.201. The van der Waals surface area contributed by atoms with Crippen LogP contribution in [0.5, 0.6) is 0 Å². The van der Waals surface area contributed by atoms with Gasteiger partial charge in [-0.2, -0.15) is 0 Å². The third-order valence-corrected chi connectivity index (χ3v) is 2.49. The summed E-state index contributed by atoms with van der Waals surface area (Å²) in [6.45, 7) is 6.50. The Bertz CT molecular complexity index is 173. The molecule has 4 nitrogen and oxygen atoms in total. The zero-order valence-corrected chi connectivity index (χ0v) is 9.41. The molecule has 0 spiro atoms. The summed E-state index contributed by atoms with van der Waals surface area (Å²) in [5.74, 6) is -0.158. The molecule has 0 aliphatic carbocycles. The van der Waals surface area contributed by atoms with Gasteiger partial charge in [-0.3, -0.25) is 4.79 Å². The first-order chi connectivity index (χ1) is 6.52. The molecule has 0 saturated heterocycles. The standard InChI is InChI=1S/C10H21NO3/c1-7(10(13)14-4)5-11-9(3)8(2)6-12/h7-9,11-12H,5-6H2,1-4H3. The lowest BCUT2D eigenvalue weighted by atomic mass is 10.0. The van der Waals surface area contributed by atoms with Crippen molar-refractivity contribution in [2.24, 2.45) is 11.8 Å². The van der Waals surface area contributed by atoms with Gasteiger partial charge >= 0.3 is 5.97 Å². The minimum atomic E-state index is -0.207. The van der Waals surface area contributed by atoms with Crippen LogP contribution in [-0.2, 0) is 9.53 Å². The number of aliphatic hydroxyl groups excluding tert-OH is 1. The fourth-order valence-electron chi connectivity index (χ4n) is 1.01. The lowest BCUT2D eigenvalue weighted by Crippen LogP contribution is -2.38. The van der Waals surface area contributed by atoms with Crippen LogP contribution in [0.25, 0.3) is 0 Å². The highest BCUT2D eigenvalue weighted by Gasteiger charge is 2.16. The fourth-order valence-corrected chi connectivity index (χ4v) is 1.01. The number of nitrogens with one attached hydrogen (secondary N) is 1. The average molecular weight is 203 g/mol. The van der Waals surface area contributed by atoms with Crippen LogP contribution in [0.15, 0.2) is 0 Å². The van der Waals surface area contributed by atoms with Crippen LogP contribution in [0, 0.1) is 11.8 Å². The van der Waals surface area contributed by atoms with E-state index in [0.29, 0.717) is 6.54 Å². The quantitative estimate of drug-likeness (QED) is 0.614. The van der Waals surface area contributed by atoms with Gasteiger partial charge in [-0.1, -0.05) is 13.8 Å². The Morgan fingerprint density at radius 3 is 2.43 bits per heavy atom. The zero-order chi connectivity index (χ0) is 11.1. The lowest BCUT2D eigenvalue weighted by Gasteiger charge is -2.20. The highest BCUT2D eigenvalue weighted by Crippen LogP contribution is 2.02. The van der Waals surface area contributed by atoms with Crippen molar-refractivity contribution < 1.29 is 14.6 Å². The Kier molecular flexibility index (Phi) is 6.49. The molecule has 84 valence electrons. The number of hydrogen-bond donors (Lipinski definition) is 2. The van der Waals surface area contributed by atoms with Gasteiger partial charge in [0.2, 0.25) is 0 Å². The maximum absolute atomic E-state index is 11.1. The Hall–Kier alpha value is -0.610. The highest BCUT2D eigenvalue weighted by molar-refractivity contribution is 5.72. The number of hydrogen-bond acceptors (Lipinski definition) is 4. The summed E-state index contributed by atoms with van der Waals surface area (Å²) in [7, 11) is 1.39. The van der Waals surface area contributed by atoms with Gasteiger partial charge in [-0.25, -0.2) is 0 Å². The van der Waals surface area contributed by atoms with Crippen molar-refractivity contribution >= 4 is 5.97 Å². The van der Waals surface area contributed by atoms with E-state index < -0.39 is 0 Å². The van der Waals surface area contributed by atoms with Crippen LogP contribution >= 0.6 is 0 Å². The molecule has 3 unspecified atom stereocenters. The Labute approximate surface area is 85.6 Å². The third-order valence-electron chi connectivity index (χ3n) is 2.49. The molecule has 0 aromatic heterocycles. The molecule has 0 aromatic rings. The second-order valence-corrected chi connectivity index (χ2v) is 3.78. The minimum Gasteiger partial charge on any atom is -0.469 e. The first-order valence-electron chi connectivity index (χ1n) is 4.95. The molecule has 4 heteroatoms.